The Balaban J connectivity index is 1.98. The average molecular weight is 387 g/mol. The summed E-state index contributed by atoms with van der Waals surface area (Å²) in [4.78, 5) is 19.0. The van der Waals surface area contributed by atoms with Gasteiger partial charge in [-0.25, -0.2) is 13.1 Å². The second kappa shape index (κ2) is 7.20. The van der Waals surface area contributed by atoms with Crippen LogP contribution in [-0.4, -0.2) is 36.7 Å². The number of nitrogens with zero attached hydrogens (tertiary/aromatic N) is 4. The Labute approximate surface area is 126 Å². The number of rotatable bonds is 5. The van der Waals surface area contributed by atoms with Crippen LogP contribution >= 0.6 is 21.3 Å². The van der Waals surface area contributed by atoms with Crippen molar-refractivity contribution in [2.24, 2.45) is 8.88 Å². The lowest BCUT2D eigenvalue weighted by Gasteiger charge is -2.13. The molecule has 0 spiro atoms. The lowest BCUT2D eigenvalue weighted by Crippen LogP contribution is -2.32. The van der Waals surface area contributed by atoms with Crippen LogP contribution < -0.4 is 5.73 Å². The van der Waals surface area contributed by atoms with E-state index in [1.807, 2.05) is 15.4 Å². The van der Waals surface area contributed by atoms with Crippen LogP contribution in [0.4, 0.5) is 0 Å². The van der Waals surface area contributed by atoms with Crippen LogP contribution in [0.25, 0.3) is 5.57 Å². The summed E-state index contributed by atoms with van der Waals surface area (Å²) in [6.45, 7) is 0.581. The summed E-state index contributed by atoms with van der Waals surface area (Å²) in [7, 11) is 0. The van der Waals surface area contributed by atoms with Gasteiger partial charge in [-0.2, -0.15) is 0 Å². The fourth-order valence-corrected chi connectivity index (χ4v) is 2.98. The molecule has 0 amide bonds. The maximum atomic E-state index is 10.7. The Morgan fingerprint density at radius 2 is 2.20 bits per heavy atom. The number of aromatic nitrogens is 2. The number of hydrogen-bond donors (Lipinski definition) is 2. The van der Waals surface area contributed by atoms with E-state index in [0.29, 0.717) is 18.8 Å². The lowest BCUT2D eigenvalue weighted by atomic mass is 10.2. The summed E-state index contributed by atoms with van der Waals surface area (Å²) in [5, 5.41) is 8.75. The Hall–Kier alpha value is -1.68. The first-order valence-electron chi connectivity index (χ1n) is 5.92. The molecule has 0 saturated heterocycles. The SMILES string of the molecule is N[C@@H](CCN1C=CC(c2ncccn2)=CN=I1)C(=O)O. The van der Waals surface area contributed by atoms with E-state index < -0.39 is 33.3 Å². The standard InChI is InChI=1S/C12H14IN5O2/c14-10(12(19)20)3-7-18-6-2-9(8-17-13-18)11-15-4-1-5-16-11/h1-2,4-6,8,10H,3,7,14H2,(H,19,20)/t10-/m0/s1. The summed E-state index contributed by atoms with van der Waals surface area (Å²) >= 11 is -0.559. The summed E-state index contributed by atoms with van der Waals surface area (Å²) in [5.41, 5.74) is 6.33. The first-order chi connectivity index (χ1) is 9.66. The van der Waals surface area contributed by atoms with Crippen molar-refractivity contribution in [1.29, 1.82) is 0 Å². The molecular formula is C12H14IN5O2. The van der Waals surface area contributed by atoms with Gasteiger partial charge in [0.2, 0.25) is 0 Å². The molecule has 106 valence electrons. The largest absolute Gasteiger partial charge is 0.480 e. The predicted octanol–water partition coefficient (Wildman–Crippen LogP) is 1.52. The highest BCUT2D eigenvalue weighted by molar-refractivity contribution is 14.1. The third-order valence-corrected chi connectivity index (χ3v) is 4.43. The summed E-state index contributed by atoms with van der Waals surface area (Å²) in [5.74, 6) is -0.351. The van der Waals surface area contributed by atoms with Crippen LogP contribution in [0.15, 0.2) is 40.1 Å². The fraction of sp³-hybridized carbons (Fsp3) is 0.250. The first-order valence-corrected chi connectivity index (χ1v) is 7.85. The molecule has 0 unspecified atom stereocenters. The zero-order valence-electron chi connectivity index (χ0n) is 10.6. The zero-order valence-corrected chi connectivity index (χ0v) is 12.7. The van der Waals surface area contributed by atoms with Crippen molar-refractivity contribution in [3.63, 3.8) is 0 Å². The quantitative estimate of drug-likeness (QED) is 0.587. The molecule has 8 heteroatoms. The topological polar surface area (TPSA) is 105 Å². The van der Waals surface area contributed by atoms with E-state index in [-0.39, 0.29) is 0 Å². The molecule has 20 heavy (non-hydrogen) atoms. The number of carboxylic acid groups (broad SMARTS) is 1. The number of aliphatic carboxylic acids is 1. The van der Waals surface area contributed by atoms with Gasteiger partial charge < -0.3 is 14.0 Å². The predicted molar refractivity (Wildman–Crippen MR) is 82.5 cm³/mol. The van der Waals surface area contributed by atoms with Crippen LogP contribution in [0.2, 0.25) is 0 Å². The number of nitrogens with two attached hydrogens (primary N) is 1. The van der Waals surface area contributed by atoms with E-state index in [0.717, 1.165) is 5.57 Å². The smallest absolute Gasteiger partial charge is 0.320 e. The molecule has 0 saturated carbocycles. The molecule has 3 N–H and O–H groups in total. The third kappa shape index (κ3) is 4.17. The van der Waals surface area contributed by atoms with Crippen molar-refractivity contribution in [3.05, 3.63) is 42.8 Å². The summed E-state index contributed by atoms with van der Waals surface area (Å²) < 4.78 is 6.38. The minimum absolute atomic E-state index is 0.395. The molecule has 0 bridgehead atoms. The number of carbonyl (C=O) groups is 1. The van der Waals surface area contributed by atoms with Gasteiger partial charge in [-0.1, -0.05) is 0 Å². The van der Waals surface area contributed by atoms with E-state index in [2.05, 4.69) is 13.1 Å². The van der Waals surface area contributed by atoms with Gasteiger partial charge in [0, 0.05) is 36.9 Å². The van der Waals surface area contributed by atoms with Crippen LogP contribution in [0.5, 0.6) is 0 Å². The average Bonchev–Trinajstić information content (AvgIpc) is 2.71. The molecule has 1 aliphatic rings. The number of allylic oxidation sites excluding steroid dienone is 2. The summed E-state index contributed by atoms with van der Waals surface area (Å²) in [6.07, 6.45) is 9.31. The molecule has 0 aliphatic carbocycles. The van der Waals surface area contributed by atoms with Gasteiger partial charge in [-0.15, -0.1) is 0 Å². The van der Waals surface area contributed by atoms with E-state index in [9.17, 15) is 4.79 Å². The highest BCUT2D eigenvalue weighted by atomic mass is 127. The van der Waals surface area contributed by atoms with Crippen LogP contribution in [0, 0.1) is 0 Å². The minimum atomic E-state index is -0.976. The molecule has 2 heterocycles. The van der Waals surface area contributed by atoms with Crippen molar-refractivity contribution >= 4 is 32.8 Å². The lowest BCUT2D eigenvalue weighted by molar-refractivity contribution is -0.138. The number of carboxylic acids is 1. The van der Waals surface area contributed by atoms with Gasteiger partial charge in [0.25, 0.3) is 0 Å². The Bertz CT molecular complexity index is 558. The van der Waals surface area contributed by atoms with Crippen LogP contribution in [0.3, 0.4) is 0 Å². The van der Waals surface area contributed by atoms with Gasteiger partial charge in [0.1, 0.15) is 27.3 Å². The number of hydrogen-bond acceptors (Lipinski definition) is 6. The molecule has 7 nitrogen and oxygen atoms in total. The van der Waals surface area contributed by atoms with Gasteiger partial charge in [0.05, 0.1) is 0 Å². The van der Waals surface area contributed by atoms with Crippen LogP contribution in [-0.2, 0) is 4.79 Å². The second-order valence-corrected chi connectivity index (χ2v) is 6.23. The molecule has 1 atom stereocenters. The maximum Gasteiger partial charge on any atom is 0.320 e. The monoisotopic (exact) mass is 387 g/mol. The Kier molecular flexibility index (Phi) is 5.30. The van der Waals surface area contributed by atoms with Gasteiger partial charge in [-0.3, -0.25) is 4.79 Å². The Morgan fingerprint density at radius 3 is 2.90 bits per heavy atom. The van der Waals surface area contributed by atoms with Crippen molar-refractivity contribution in [2.45, 2.75) is 12.5 Å². The fourth-order valence-electron chi connectivity index (χ4n) is 1.44. The zero-order chi connectivity index (χ0) is 14.4. The summed E-state index contributed by atoms with van der Waals surface area (Å²) in [6, 6.07) is 0.925. The minimum Gasteiger partial charge on any atom is -0.480 e. The van der Waals surface area contributed by atoms with Crippen molar-refractivity contribution in [3.8, 4) is 0 Å². The molecule has 1 aliphatic heterocycles. The van der Waals surface area contributed by atoms with Crippen molar-refractivity contribution < 1.29 is 9.90 Å². The Morgan fingerprint density at radius 1 is 1.45 bits per heavy atom. The van der Waals surface area contributed by atoms with Crippen molar-refractivity contribution in [1.82, 2.24) is 13.1 Å². The highest BCUT2D eigenvalue weighted by Crippen LogP contribution is 2.21. The van der Waals surface area contributed by atoms with Gasteiger partial charge >= 0.3 is 5.97 Å². The third-order valence-electron chi connectivity index (χ3n) is 2.54. The molecule has 1 aromatic rings. The molecular weight excluding hydrogens is 373 g/mol. The van der Waals surface area contributed by atoms with Gasteiger partial charge in [0.15, 0.2) is 5.82 Å². The van der Waals surface area contributed by atoms with E-state index in [1.165, 1.54) is 0 Å². The van der Waals surface area contributed by atoms with E-state index in [4.69, 9.17) is 10.8 Å². The van der Waals surface area contributed by atoms with E-state index >= 15 is 0 Å². The molecule has 2 rings (SSSR count). The molecule has 0 radical (unpaired) electrons. The number of halogens is 1. The van der Waals surface area contributed by atoms with Gasteiger partial charge in [-0.05, 0) is 18.6 Å². The maximum absolute atomic E-state index is 10.7. The highest BCUT2D eigenvalue weighted by Gasteiger charge is 2.12. The molecule has 0 fully saturated rings. The molecule has 1 aromatic heterocycles. The van der Waals surface area contributed by atoms with Crippen LogP contribution in [0.1, 0.15) is 12.2 Å². The molecule has 0 aromatic carbocycles. The first kappa shape index (κ1) is 14.7. The van der Waals surface area contributed by atoms with Crippen molar-refractivity contribution in [2.75, 3.05) is 6.54 Å². The second-order valence-electron chi connectivity index (χ2n) is 4.00. The van der Waals surface area contributed by atoms with E-state index in [1.54, 1.807) is 24.7 Å². The normalized spacial score (nSPS) is 16.1.